The van der Waals surface area contributed by atoms with Crippen molar-refractivity contribution in [3.8, 4) is 11.5 Å². The Bertz CT molecular complexity index is 927. The molecule has 0 radical (unpaired) electrons. The van der Waals surface area contributed by atoms with Gasteiger partial charge in [0.05, 0.1) is 0 Å². The summed E-state index contributed by atoms with van der Waals surface area (Å²) in [5, 5.41) is 19.1. The Labute approximate surface area is 124 Å². The van der Waals surface area contributed by atoms with Gasteiger partial charge in [-0.2, -0.15) is 0 Å². The molecule has 0 spiro atoms. The maximum absolute atomic E-state index is 11.6. The molecule has 0 aliphatic heterocycles. The number of hydrogen-bond donors (Lipinski definition) is 1. The van der Waals surface area contributed by atoms with E-state index in [0.29, 0.717) is 5.75 Å². The van der Waals surface area contributed by atoms with E-state index in [1.54, 1.807) is 12.1 Å². The molecule has 1 aromatic heterocycles. The van der Waals surface area contributed by atoms with Crippen LogP contribution < -0.4 is 10.4 Å². The first-order valence-electron chi connectivity index (χ1n) is 6.51. The Morgan fingerprint density at radius 2 is 1.91 bits per heavy atom. The molecule has 108 valence electrons. The average Bonchev–Trinajstić information content (AvgIpc) is 2.54. The maximum atomic E-state index is 11.6. The molecule has 6 nitrogen and oxygen atoms in total. The van der Waals surface area contributed by atoms with E-state index < -0.39 is 17.1 Å². The van der Waals surface area contributed by atoms with Crippen LogP contribution in [0.3, 0.4) is 0 Å². The SMILES string of the molecule is N#[N+]c1c(O)c2c(OCc3ccccc3)cccc2oc1=O. The Balaban J connectivity index is 2.07. The highest BCUT2D eigenvalue weighted by Gasteiger charge is 2.27. The summed E-state index contributed by atoms with van der Waals surface area (Å²) < 4.78 is 10.7. The van der Waals surface area contributed by atoms with Crippen LogP contribution in [0, 0.1) is 5.39 Å². The summed E-state index contributed by atoms with van der Waals surface area (Å²) in [6, 6.07) is 14.3. The van der Waals surface area contributed by atoms with Crippen molar-refractivity contribution >= 4 is 16.7 Å². The molecule has 2 aromatic carbocycles. The summed E-state index contributed by atoms with van der Waals surface area (Å²) in [5.41, 5.74) is -0.375. The molecule has 0 unspecified atom stereocenters. The smallest absolute Gasteiger partial charge is 0.500 e. The second-order valence-electron chi connectivity index (χ2n) is 4.59. The van der Waals surface area contributed by atoms with Gasteiger partial charge in [0.15, 0.2) is 4.98 Å². The van der Waals surface area contributed by atoms with Gasteiger partial charge in [-0.15, -0.1) is 0 Å². The molecule has 22 heavy (non-hydrogen) atoms. The van der Waals surface area contributed by atoms with E-state index in [1.165, 1.54) is 6.07 Å². The molecule has 0 saturated heterocycles. The number of nitrogens with zero attached hydrogens (tertiary/aromatic N) is 2. The Hall–Kier alpha value is -3.33. The van der Waals surface area contributed by atoms with E-state index in [2.05, 4.69) is 4.98 Å². The number of benzene rings is 2. The molecular formula is C16H11N2O4+. The molecule has 0 saturated carbocycles. The zero-order chi connectivity index (χ0) is 15.5. The van der Waals surface area contributed by atoms with E-state index in [0.717, 1.165) is 5.56 Å². The van der Waals surface area contributed by atoms with Crippen LogP contribution in [0.2, 0.25) is 0 Å². The lowest BCUT2D eigenvalue weighted by molar-refractivity contribution is 0.308. The predicted octanol–water partition coefficient (Wildman–Crippen LogP) is 3.56. The number of ether oxygens (including phenoxy) is 1. The fourth-order valence-electron chi connectivity index (χ4n) is 2.14. The van der Waals surface area contributed by atoms with Crippen LogP contribution in [-0.2, 0) is 6.61 Å². The van der Waals surface area contributed by atoms with Gasteiger partial charge in [0.2, 0.25) is 11.1 Å². The van der Waals surface area contributed by atoms with Crippen LogP contribution in [0.25, 0.3) is 15.9 Å². The zero-order valence-electron chi connectivity index (χ0n) is 11.4. The van der Waals surface area contributed by atoms with Crippen LogP contribution in [-0.4, -0.2) is 5.11 Å². The molecule has 0 bridgehead atoms. The van der Waals surface area contributed by atoms with Gasteiger partial charge in [0, 0.05) is 0 Å². The summed E-state index contributed by atoms with van der Waals surface area (Å²) in [4.78, 5) is 14.3. The maximum Gasteiger partial charge on any atom is 0.510 e. The van der Waals surface area contributed by atoms with Gasteiger partial charge in [-0.25, -0.2) is 4.79 Å². The minimum Gasteiger partial charge on any atom is -0.500 e. The van der Waals surface area contributed by atoms with E-state index >= 15 is 0 Å². The number of rotatable bonds is 3. The Kier molecular flexibility index (Phi) is 3.46. The third-order valence-corrected chi connectivity index (χ3v) is 3.18. The fourth-order valence-corrected chi connectivity index (χ4v) is 2.14. The quantitative estimate of drug-likeness (QED) is 0.589. The molecule has 3 aromatic rings. The standard InChI is InChI=1S/C16H10N2O4/c17-18-14-15(19)13-11(7-4-8-12(13)22-16(14)20)21-9-10-5-2-1-3-6-10/h1-8H,9H2/p+1. The second kappa shape index (κ2) is 5.58. The molecule has 0 aliphatic carbocycles. The van der Waals surface area contributed by atoms with Gasteiger partial charge in [0.1, 0.15) is 23.3 Å². The second-order valence-corrected chi connectivity index (χ2v) is 4.59. The van der Waals surface area contributed by atoms with Crippen LogP contribution in [0.1, 0.15) is 5.56 Å². The van der Waals surface area contributed by atoms with Crippen molar-refractivity contribution in [2.75, 3.05) is 0 Å². The first-order chi connectivity index (χ1) is 10.7. The fraction of sp³-hybridized carbons (Fsp3) is 0.0625. The van der Waals surface area contributed by atoms with Gasteiger partial charge >= 0.3 is 11.3 Å². The van der Waals surface area contributed by atoms with Gasteiger partial charge in [0.25, 0.3) is 0 Å². The zero-order valence-corrected chi connectivity index (χ0v) is 11.4. The van der Waals surface area contributed by atoms with Gasteiger partial charge in [-0.05, 0) is 17.7 Å². The van der Waals surface area contributed by atoms with Crippen molar-refractivity contribution < 1.29 is 14.3 Å². The monoisotopic (exact) mass is 295 g/mol. The molecule has 0 atom stereocenters. The third kappa shape index (κ3) is 2.36. The molecule has 6 heteroatoms. The molecule has 1 heterocycles. The first kappa shape index (κ1) is 13.6. The lowest BCUT2D eigenvalue weighted by atomic mass is 10.2. The third-order valence-electron chi connectivity index (χ3n) is 3.18. The lowest BCUT2D eigenvalue weighted by Crippen LogP contribution is -2.00. The van der Waals surface area contributed by atoms with E-state index in [1.807, 2.05) is 30.3 Å². The van der Waals surface area contributed by atoms with Crippen molar-refractivity contribution in [3.63, 3.8) is 0 Å². The normalized spacial score (nSPS) is 10.3. The van der Waals surface area contributed by atoms with E-state index in [4.69, 9.17) is 14.5 Å². The van der Waals surface area contributed by atoms with Crippen LogP contribution >= 0.6 is 0 Å². The van der Waals surface area contributed by atoms with Crippen molar-refractivity contribution in [2.24, 2.45) is 0 Å². The molecule has 0 fully saturated rings. The van der Waals surface area contributed by atoms with Crippen LogP contribution in [0.15, 0.2) is 57.7 Å². The Morgan fingerprint density at radius 1 is 1.14 bits per heavy atom. The van der Waals surface area contributed by atoms with Crippen molar-refractivity contribution in [1.82, 2.24) is 0 Å². The van der Waals surface area contributed by atoms with Crippen LogP contribution in [0.4, 0.5) is 5.69 Å². The average molecular weight is 295 g/mol. The summed E-state index contributed by atoms with van der Waals surface area (Å²) in [6.45, 7) is 0.282. The summed E-state index contributed by atoms with van der Waals surface area (Å²) in [6.07, 6.45) is 0. The van der Waals surface area contributed by atoms with Gasteiger partial charge < -0.3 is 14.3 Å². The molecule has 1 N–H and O–H groups in total. The Morgan fingerprint density at radius 3 is 2.64 bits per heavy atom. The predicted molar refractivity (Wildman–Crippen MR) is 79.7 cm³/mol. The van der Waals surface area contributed by atoms with E-state index in [9.17, 15) is 9.90 Å². The van der Waals surface area contributed by atoms with Crippen LogP contribution in [0.5, 0.6) is 11.5 Å². The summed E-state index contributed by atoms with van der Waals surface area (Å²) >= 11 is 0. The lowest BCUT2D eigenvalue weighted by Gasteiger charge is -2.08. The molecule has 0 amide bonds. The highest BCUT2D eigenvalue weighted by Crippen LogP contribution is 2.37. The molecular weight excluding hydrogens is 284 g/mol. The number of aromatic hydroxyl groups is 1. The number of fused-ring (bicyclic) bond motifs is 1. The minimum absolute atomic E-state index is 0.153. The highest BCUT2D eigenvalue weighted by molar-refractivity contribution is 5.93. The largest absolute Gasteiger partial charge is 0.510 e. The number of diazo groups is 1. The van der Waals surface area contributed by atoms with Crippen molar-refractivity contribution in [2.45, 2.75) is 6.61 Å². The van der Waals surface area contributed by atoms with Crippen molar-refractivity contribution in [3.05, 3.63) is 69.5 Å². The minimum atomic E-state index is -0.923. The van der Waals surface area contributed by atoms with Gasteiger partial charge in [-0.3, -0.25) is 0 Å². The molecule has 0 aliphatic rings. The molecule has 3 rings (SSSR count). The first-order valence-corrected chi connectivity index (χ1v) is 6.51. The number of hydrogen-bond acceptors (Lipinski definition) is 5. The summed E-state index contributed by atoms with van der Waals surface area (Å²) in [7, 11) is 0. The van der Waals surface area contributed by atoms with Gasteiger partial charge in [-0.1, -0.05) is 36.4 Å². The highest BCUT2D eigenvalue weighted by atomic mass is 16.5. The summed E-state index contributed by atoms with van der Waals surface area (Å²) in [5.74, 6) is -0.148. The van der Waals surface area contributed by atoms with Crippen molar-refractivity contribution in [1.29, 1.82) is 5.39 Å². The topological polar surface area (TPSA) is 87.8 Å². The van der Waals surface area contributed by atoms with E-state index in [-0.39, 0.29) is 17.6 Å².